The Morgan fingerprint density at radius 2 is 1.67 bits per heavy atom. The number of amides is 1. The minimum atomic E-state index is -3.23. The number of hydrogen-bond donors (Lipinski definition) is 0. The van der Waals surface area contributed by atoms with Crippen molar-refractivity contribution in [3.05, 3.63) is 65.2 Å². The zero-order chi connectivity index (χ0) is 19.3. The highest BCUT2D eigenvalue weighted by Crippen LogP contribution is 2.24. The number of benzene rings is 2. The maximum atomic E-state index is 12.6. The van der Waals surface area contributed by atoms with Crippen LogP contribution in [0.4, 0.5) is 0 Å². The fourth-order valence-electron chi connectivity index (χ4n) is 3.18. The predicted molar refractivity (Wildman–Crippen MR) is 106 cm³/mol. The molecule has 1 saturated heterocycles. The minimum Gasteiger partial charge on any atom is -0.482 e. The smallest absolute Gasteiger partial charge is 0.260 e. The minimum absolute atomic E-state index is 0.0437. The molecule has 1 heterocycles. The van der Waals surface area contributed by atoms with E-state index < -0.39 is 15.1 Å². The number of ether oxygens (including phenoxy) is 1. The molecule has 1 aliphatic heterocycles. The molecule has 0 bridgehead atoms. The number of rotatable bonds is 6. The molecule has 0 radical (unpaired) electrons. The highest BCUT2D eigenvalue weighted by atomic mass is 35.5. The van der Waals surface area contributed by atoms with Gasteiger partial charge in [-0.25, -0.2) is 8.42 Å². The van der Waals surface area contributed by atoms with Crippen molar-refractivity contribution in [3.8, 4) is 5.75 Å². The molecular weight excluding hydrogens is 386 g/mol. The molecular formula is C20H22ClNO4S. The van der Waals surface area contributed by atoms with Crippen molar-refractivity contribution in [1.82, 2.24) is 4.90 Å². The van der Waals surface area contributed by atoms with Crippen molar-refractivity contribution in [2.24, 2.45) is 0 Å². The van der Waals surface area contributed by atoms with Crippen LogP contribution >= 0.6 is 11.6 Å². The topological polar surface area (TPSA) is 63.7 Å². The molecule has 144 valence electrons. The number of piperidine rings is 1. The highest BCUT2D eigenvalue weighted by molar-refractivity contribution is 7.91. The summed E-state index contributed by atoms with van der Waals surface area (Å²) >= 11 is 6.01. The third-order valence-corrected chi connectivity index (χ3v) is 7.24. The van der Waals surface area contributed by atoms with E-state index in [9.17, 15) is 13.2 Å². The Kier molecular flexibility index (Phi) is 6.39. The molecule has 7 heteroatoms. The van der Waals surface area contributed by atoms with Crippen molar-refractivity contribution < 1.29 is 17.9 Å². The van der Waals surface area contributed by atoms with Crippen molar-refractivity contribution in [1.29, 1.82) is 0 Å². The van der Waals surface area contributed by atoms with Gasteiger partial charge in [0, 0.05) is 13.1 Å². The van der Waals surface area contributed by atoms with Crippen LogP contribution in [0.15, 0.2) is 54.6 Å². The number of carbonyl (C=O) groups is 1. The first-order valence-corrected chi connectivity index (χ1v) is 11.0. The largest absolute Gasteiger partial charge is 0.482 e. The van der Waals surface area contributed by atoms with Gasteiger partial charge in [-0.1, -0.05) is 54.1 Å². The van der Waals surface area contributed by atoms with Crippen LogP contribution < -0.4 is 4.74 Å². The molecule has 0 atom stereocenters. The molecule has 1 aliphatic rings. The Morgan fingerprint density at radius 3 is 2.33 bits per heavy atom. The summed E-state index contributed by atoms with van der Waals surface area (Å²) in [7, 11) is -3.23. The van der Waals surface area contributed by atoms with Gasteiger partial charge in [-0.3, -0.25) is 4.79 Å². The van der Waals surface area contributed by atoms with Gasteiger partial charge in [-0.2, -0.15) is 0 Å². The summed E-state index contributed by atoms with van der Waals surface area (Å²) in [5, 5.41) is 0.0438. The van der Waals surface area contributed by atoms with E-state index in [-0.39, 0.29) is 18.3 Å². The molecule has 3 rings (SSSR count). The van der Waals surface area contributed by atoms with E-state index in [0.717, 1.165) is 5.56 Å². The first kappa shape index (κ1) is 19.7. The second-order valence-corrected chi connectivity index (χ2v) is 9.28. The predicted octanol–water partition coefficient (Wildman–Crippen LogP) is 3.32. The van der Waals surface area contributed by atoms with Gasteiger partial charge in [0.2, 0.25) is 0 Å². The van der Waals surface area contributed by atoms with Gasteiger partial charge in [-0.05, 0) is 30.5 Å². The quantitative estimate of drug-likeness (QED) is 0.736. The summed E-state index contributed by atoms with van der Waals surface area (Å²) in [6, 6.07) is 16.2. The van der Waals surface area contributed by atoms with E-state index in [2.05, 4.69) is 0 Å². The summed E-state index contributed by atoms with van der Waals surface area (Å²) in [6.07, 6.45) is 0.903. The number of halogens is 1. The van der Waals surface area contributed by atoms with Crippen LogP contribution in [-0.4, -0.2) is 44.2 Å². The lowest BCUT2D eigenvalue weighted by Crippen LogP contribution is -2.44. The maximum Gasteiger partial charge on any atom is 0.260 e. The fourth-order valence-corrected chi connectivity index (χ4v) is 5.19. The Bertz CT molecular complexity index is 878. The van der Waals surface area contributed by atoms with Crippen LogP contribution in [0.3, 0.4) is 0 Å². The molecule has 2 aromatic carbocycles. The summed E-state index contributed by atoms with van der Waals surface area (Å²) in [5.74, 6) is 0.351. The SMILES string of the molecule is O=C(COc1ccccc1Cl)N1CCC(S(=O)(=O)Cc2ccccc2)CC1. The van der Waals surface area contributed by atoms with Crippen molar-refractivity contribution >= 4 is 27.3 Å². The first-order valence-electron chi connectivity index (χ1n) is 8.86. The molecule has 0 unspecified atom stereocenters. The van der Waals surface area contributed by atoms with Gasteiger partial charge in [0.25, 0.3) is 5.91 Å². The lowest BCUT2D eigenvalue weighted by molar-refractivity contribution is -0.134. The number of sulfone groups is 1. The summed E-state index contributed by atoms with van der Waals surface area (Å²) < 4.78 is 30.8. The zero-order valence-electron chi connectivity index (χ0n) is 14.9. The third-order valence-electron chi connectivity index (χ3n) is 4.70. The highest BCUT2D eigenvalue weighted by Gasteiger charge is 2.31. The first-order chi connectivity index (χ1) is 13.0. The summed E-state index contributed by atoms with van der Waals surface area (Å²) in [5.41, 5.74) is 0.796. The van der Waals surface area contributed by atoms with E-state index in [0.29, 0.717) is 36.7 Å². The second-order valence-electron chi connectivity index (χ2n) is 6.59. The average molecular weight is 408 g/mol. The zero-order valence-corrected chi connectivity index (χ0v) is 16.5. The van der Waals surface area contributed by atoms with Gasteiger partial charge in [0.05, 0.1) is 16.0 Å². The van der Waals surface area contributed by atoms with Crippen LogP contribution in [0.25, 0.3) is 0 Å². The number of hydrogen-bond acceptors (Lipinski definition) is 4. The van der Waals surface area contributed by atoms with Crippen LogP contribution in [-0.2, 0) is 20.4 Å². The van der Waals surface area contributed by atoms with Crippen LogP contribution in [0.2, 0.25) is 5.02 Å². The van der Waals surface area contributed by atoms with Gasteiger partial charge in [0.15, 0.2) is 16.4 Å². The molecule has 0 aliphatic carbocycles. The maximum absolute atomic E-state index is 12.6. The fraction of sp³-hybridized carbons (Fsp3) is 0.350. The Labute approximate surface area is 164 Å². The molecule has 2 aromatic rings. The average Bonchev–Trinajstić information content (AvgIpc) is 2.68. The lowest BCUT2D eigenvalue weighted by Gasteiger charge is -2.31. The van der Waals surface area contributed by atoms with E-state index in [4.69, 9.17) is 16.3 Å². The van der Waals surface area contributed by atoms with E-state index >= 15 is 0 Å². The van der Waals surface area contributed by atoms with Crippen molar-refractivity contribution in [2.75, 3.05) is 19.7 Å². The third kappa shape index (κ3) is 5.23. The lowest BCUT2D eigenvalue weighted by atomic mass is 10.1. The molecule has 0 saturated carbocycles. The Balaban J connectivity index is 1.50. The number of likely N-dealkylation sites (tertiary alicyclic amines) is 1. The normalized spacial score (nSPS) is 15.5. The molecule has 1 amide bonds. The number of para-hydroxylation sites is 1. The number of nitrogens with zero attached hydrogens (tertiary/aromatic N) is 1. The molecule has 5 nitrogen and oxygen atoms in total. The van der Waals surface area contributed by atoms with Crippen LogP contribution in [0.1, 0.15) is 18.4 Å². The van der Waals surface area contributed by atoms with Gasteiger partial charge in [-0.15, -0.1) is 0 Å². The summed E-state index contributed by atoms with van der Waals surface area (Å²) in [4.78, 5) is 14.0. The molecule has 0 N–H and O–H groups in total. The molecule has 0 aromatic heterocycles. The molecule has 1 fully saturated rings. The summed E-state index contributed by atoms with van der Waals surface area (Å²) in [6.45, 7) is 0.734. The monoisotopic (exact) mass is 407 g/mol. The van der Waals surface area contributed by atoms with E-state index in [1.54, 1.807) is 29.2 Å². The van der Waals surface area contributed by atoms with Crippen LogP contribution in [0, 0.1) is 0 Å². The number of carbonyl (C=O) groups excluding carboxylic acids is 1. The standard InChI is InChI=1S/C20H22ClNO4S/c21-18-8-4-5-9-19(18)26-14-20(23)22-12-10-17(11-13-22)27(24,25)15-16-6-2-1-3-7-16/h1-9,17H,10-15H2. The van der Waals surface area contributed by atoms with E-state index in [1.807, 2.05) is 30.3 Å². The Morgan fingerprint density at radius 1 is 1.04 bits per heavy atom. The second kappa shape index (κ2) is 8.76. The van der Waals surface area contributed by atoms with Crippen molar-refractivity contribution in [2.45, 2.75) is 23.8 Å². The van der Waals surface area contributed by atoms with Crippen LogP contribution in [0.5, 0.6) is 5.75 Å². The van der Waals surface area contributed by atoms with Gasteiger partial charge < -0.3 is 9.64 Å². The van der Waals surface area contributed by atoms with Gasteiger partial charge >= 0.3 is 0 Å². The molecule has 0 spiro atoms. The van der Waals surface area contributed by atoms with Gasteiger partial charge in [0.1, 0.15) is 5.75 Å². The van der Waals surface area contributed by atoms with Crippen molar-refractivity contribution in [3.63, 3.8) is 0 Å². The Hall–Kier alpha value is -2.05. The molecule has 27 heavy (non-hydrogen) atoms. The van der Waals surface area contributed by atoms with E-state index in [1.165, 1.54) is 0 Å².